The zero-order valence-corrected chi connectivity index (χ0v) is 12.1. The summed E-state index contributed by atoms with van der Waals surface area (Å²) in [5, 5.41) is 10.2. The fraction of sp³-hybridized carbons (Fsp3) is 0.333. The molecule has 1 atom stereocenters. The first-order valence-electron chi connectivity index (χ1n) is 6.77. The number of carbonyl (C=O) groups is 1. The van der Waals surface area contributed by atoms with E-state index in [-0.39, 0.29) is 11.9 Å². The van der Waals surface area contributed by atoms with Crippen LogP contribution in [0, 0.1) is 0 Å². The van der Waals surface area contributed by atoms with Gasteiger partial charge in [-0.3, -0.25) is 4.79 Å². The van der Waals surface area contributed by atoms with Crippen LogP contribution in [0.15, 0.2) is 36.5 Å². The van der Waals surface area contributed by atoms with Crippen LogP contribution >= 0.6 is 0 Å². The van der Waals surface area contributed by atoms with Crippen molar-refractivity contribution in [3.05, 3.63) is 47.8 Å². The Bertz CT molecular complexity index is 591. The zero-order valence-electron chi connectivity index (χ0n) is 12.1. The van der Waals surface area contributed by atoms with Gasteiger partial charge in [0.15, 0.2) is 5.69 Å². The molecule has 0 bridgehead atoms. The van der Waals surface area contributed by atoms with Crippen molar-refractivity contribution in [2.75, 3.05) is 13.6 Å². The van der Waals surface area contributed by atoms with Gasteiger partial charge >= 0.3 is 0 Å². The highest BCUT2D eigenvalue weighted by atomic mass is 16.1. The van der Waals surface area contributed by atoms with E-state index in [1.807, 2.05) is 12.1 Å². The van der Waals surface area contributed by atoms with Gasteiger partial charge in [-0.15, -0.1) is 0 Å². The highest BCUT2D eigenvalue weighted by Crippen LogP contribution is 2.16. The quantitative estimate of drug-likeness (QED) is 0.874. The summed E-state index contributed by atoms with van der Waals surface area (Å²) in [6.45, 7) is 5.14. The molecule has 2 N–H and O–H groups in total. The number of aromatic nitrogens is 2. The minimum Gasteiger partial charge on any atom is -0.354 e. The molecule has 1 amide bonds. The molecular weight excluding hydrogens is 252 g/mol. The highest BCUT2D eigenvalue weighted by Gasteiger charge is 2.09. The van der Waals surface area contributed by atoms with E-state index in [2.05, 4.69) is 41.7 Å². The molecule has 2 rings (SSSR count). The molecular formula is C15H20N4O. The Morgan fingerprint density at radius 3 is 2.90 bits per heavy atom. The van der Waals surface area contributed by atoms with E-state index in [0.29, 0.717) is 5.69 Å². The number of hydrogen-bond donors (Lipinski definition) is 2. The predicted molar refractivity (Wildman–Crippen MR) is 79.0 cm³/mol. The van der Waals surface area contributed by atoms with Crippen LogP contribution in [0.1, 0.15) is 35.9 Å². The van der Waals surface area contributed by atoms with E-state index < -0.39 is 0 Å². The average Bonchev–Trinajstić information content (AvgIpc) is 2.96. The van der Waals surface area contributed by atoms with Crippen LogP contribution in [0.3, 0.4) is 0 Å². The van der Waals surface area contributed by atoms with Crippen LogP contribution in [-0.2, 0) is 0 Å². The van der Waals surface area contributed by atoms with Crippen molar-refractivity contribution in [3.8, 4) is 5.69 Å². The standard InChI is InChI=1S/C15H20N4O/c1-4-17-11(2)12-6-5-7-13(10-12)19-9-8-14(18-19)15(20)16-3/h5-11,17H,4H2,1-3H3,(H,16,20). The molecule has 0 radical (unpaired) electrons. The fourth-order valence-electron chi connectivity index (χ4n) is 2.08. The van der Waals surface area contributed by atoms with Crippen LogP contribution in [-0.4, -0.2) is 29.3 Å². The van der Waals surface area contributed by atoms with Gasteiger partial charge in [0.1, 0.15) is 0 Å². The van der Waals surface area contributed by atoms with Crippen LogP contribution in [0.25, 0.3) is 5.69 Å². The summed E-state index contributed by atoms with van der Waals surface area (Å²) in [4.78, 5) is 11.5. The lowest BCUT2D eigenvalue weighted by atomic mass is 10.1. The lowest BCUT2D eigenvalue weighted by Gasteiger charge is -2.13. The molecule has 0 aliphatic carbocycles. The van der Waals surface area contributed by atoms with E-state index in [1.54, 1.807) is 24.0 Å². The summed E-state index contributed by atoms with van der Waals surface area (Å²) in [5.41, 5.74) is 2.56. The molecule has 0 spiro atoms. The predicted octanol–water partition coefficient (Wildman–Crippen LogP) is 1.90. The molecule has 2 aromatic rings. The zero-order chi connectivity index (χ0) is 14.5. The third-order valence-corrected chi connectivity index (χ3v) is 3.19. The Morgan fingerprint density at radius 1 is 1.40 bits per heavy atom. The summed E-state index contributed by atoms with van der Waals surface area (Å²) < 4.78 is 1.72. The minimum atomic E-state index is -0.180. The van der Waals surface area contributed by atoms with E-state index in [0.717, 1.165) is 12.2 Å². The largest absolute Gasteiger partial charge is 0.354 e. The van der Waals surface area contributed by atoms with E-state index in [4.69, 9.17) is 0 Å². The first-order chi connectivity index (χ1) is 9.65. The van der Waals surface area contributed by atoms with E-state index >= 15 is 0 Å². The Hall–Kier alpha value is -2.14. The smallest absolute Gasteiger partial charge is 0.271 e. The van der Waals surface area contributed by atoms with Gasteiger partial charge in [-0.05, 0) is 37.2 Å². The average molecular weight is 272 g/mol. The molecule has 106 valence electrons. The van der Waals surface area contributed by atoms with Crippen molar-refractivity contribution in [2.45, 2.75) is 19.9 Å². The first kappa shape index (κ1) is 14.3. The molecule has 5 heteroatoms. The molecule has 1 heterocycles. The molecule has 20 heavy (non-hydrogen) atoms. The van der Waals surface area contributed by atoms with Gasteiger partial charge in [-0.2, -0.15) is 5.10 Å². The molecule has 1 unspecified atom stereocenters. The van der Waals surface area contributed by atoms with Crippen LogP contribution in [0.4, 0.5) is 0 Å². The van der Waals surface area contributed by atoms with Gasteiger partial charge in [0.25, 0.3) is 5.91 Å². The number of carbonyl (C=O) groups excluding carboxylic acids is 1. The van der Waals surface area contributed by atoms with Crippen LogP contribution in [0.5, 0.6) is 0 Å². The normalized spacial score (nSPS) is 12.2. The molecule has 0 aliphatic rings. The van der Waals surface area contributed by atoms with Crippen molar-refractivity contribution in [2.24, 2.45) is 0 Å². The third kappa shape index (κ3) is 3.05. The number of benzene rings is 1. The van der Waals surface area contributed by atoms with Gasteiger partial charge in [0.2, 0.25) is 0 Å². The number of nitrogens with one attached hydrogen (secondary N) is 2. The maximum absolute atomic E-state index is 11.5. The second-order valence-corrected chi connectivity index (χ2v) is 4.60. The summed E-state index contributed by atoms with van der Waals surface area (Å²) in [7, 11) is 1.60. The Morgan fingerprint density at radius 2 is 2.20 bits per heavy atom. The molecule has 1 aromatic carbocycles. The van der Waals surface area contributed by atoms with E-state index in [9.17, 15) is 4.79 Å². The monoisotopic (exact) mass is 272 g/mol. The van der Waals surface area contributed by atoms with Crippen molar-refractivity contribution < 1.29 is 4.79 Å². The molecule has 5 nitrogen and oxygen atoms in total. The summed E-state index contributed by atoms with van der Waals surface area (Å²) >= 11 is 0. The van der Waals surface area contributed by atoms with Crippen molar-refractivity contribution in [1.82, 2.24) is 20.4 Å². The van der Waals surface area contributed by atoms with Crippen molar-refractivity contribution in [1.29, 1.82) is 0 Å². The Kier molecular flexibility index (Phi) is 4.53. The van der Waals surface area contributed by atoms with Gasteiger partial charge in [-0.25, -0.2) is 4.68 Å². The molecule has 1 aromatic heterocycles. The van der Waals surface area contributed by atoms with Crippen molar-refractivity contribution >= 4 is 5.91 Å². The van der Waals surface area contributed by atoms with Crippen LogP contribution < -0.4 is 10.6 Å². The maximum atomic E-state index is 11.5. The summed E-state index contributed by atoms with van der Waals surface area (Å²) in [5.74, 6) is -0.180. The van der Waals surface area contributed by atoms with E-state index in [1.165, 1.54) is 5.56 Å². The number of amides is 1. The summed E-state index contributed by atoms with van der Waals surface area (Å²) in [6.07, 6.45) is 1.79. The maximum Gasteiger partial charge on any atom is 0.271 e. The second-order valence-electron chi connectivity index (χ2n) is 4.60. The van der Waals surface area contributed by atoms with Crippen molar-refractivity contribution in [3.63, 3.8) is 0 Å². The van der Waals surface area contributed by atoms with Gasteiger partial charge in [0, 0.05) is 19.3 Å². The third-order valence-electron chi connectivity index (χ3n) is 3.19. The topological polar surface area (TPSA) is 59.0 Å². The lowest BCUT2D eigenvalue weighted by molar-refractivity contribution is 0.0957. The SMILES string of the molecule is CCNC(C)c1cccc(-n2ccc(C(=O)NC)n2)c1. The summed E-state index contributed by atoms with van der Waals surface area (Å²) in [6, 6.07) is 10.1. The Balaban J connectivity index is 2.26. The first-order valence-corrected chi connectivity index (χ1v) is 6.77. The van der Waals surface area contributed by atoms with Gasteiger partial charge in [0.05, 0.1) is 5.69 Å². The number of rotatable bonds is 5. The number of nitrogens with zero attached hydrogens (tertiary/aromatic N) is 2. The molecule has 0 aliphatic heterocycles. The van der Waals surface area contributed by atoms with Gasteiger partial charge in [-0.1, -0.05) is 19.1 Å². The Labute approximate surface area is 119 Å². The fourth-order valence-corrected chi connectivity index (χ4v) is 2.08. The molecule has 0 saturated carbocycles. The molecule has 0 fully saturated rings. The van der Waals surface area contributed by atoms with Crippen LogP contribution in [0.2, 0.25) is 0 Å². The minimum absolute atomic E-state index is 0.180. The number of hydrogen-bond acceptors (Lipinski definition) is 3. The molecule has 0 saturated heterocycles. The lowest BCUT2D eigenvalue weighted by Crippen LogP contribution is -2.19. The second kappa shape index (κ2) is 6.34. The highest BCUT2D eigenvalue weighted by molar-refractivity contribution is 5.91. The van der Waals surface area contributed by atoms with Gasteiger partial charge < -0.3 is 10.6 Å².